The minimum Gasteiger partial charge on any atom is -0.330 e. The minimum absolute atomic E-state index is 0.545. The van der Waals surface area contributed by atoms with Crippen molar-refractivity contribution in [2.45, 2.75) is 6.42 Å². The average molecular weight is 68.1 g/mol. The van der Waals surface area contributed by atoms with Gasteiger partial charge in [-0.3, -0.25) is 0 Å². The van der Waals surface area contributed by atoms with Crippen molar-refractivity contribution in [3.05, 3.63) is 6.42 Å². The van der Waals surface area contributed by atoms with Crippen molar-refractivity contribution in [2.24, 2.45) is 5.73 Å². The summed E-state index contributed by atoms with van der Waals surface area (Å²) >= 11 is 0. The molecule has 0 heterocycles. The van der Waals surface area contributed by atoms with E-state index in [1.165, 1.54) is 0 Å². The first-order valence-electron chi connectivity index (χ1n) is 1.51. The Bertz CT molecular complexity index is 42.1. The van der Waals surface area contributed by atoms with Crippen LogP contribution in [0, 0.1) is 12.3 Å². The van der Waals surface area contributed by atoms with Gasteiger partial charge in [-0.25, -0.2) is 0 Å². The number of rotatable bonds is 1. The second-order valence-electron chi connectivity index (χ2n) is 0.715. The number of hydrogen-bond acceptors (Lipinski definition) is 1. The summed E-state index contributed by atoms with van der Waals surface area (Å²) in [5.41, 5.74) is 4.96. The van der Waals surface area contributed by atoms with Gasteiger partial charge in [0.2, 0.25) is 0 Å². The molecule has 0 aromatic carbocycles. The zero-order valence-corrected chi connectivity index (χ0v) is 2.99. The molecule has 5 heavy (non-hydrogen) atoms. The summed E-state index contributed by atoms with van der Waals surface area (Å²) in [5, 5.41) is 0. The van der Waals surface area contributed by atoms with Gasteiger partial charge in [-0.2, -0.15) is 0 Å². The van der Waals surface area contributed by atoms with E-state index in [1.807, 2.05) is 0 Å². The highest BCUT2D eigenvalue weighted by atomic mass is 14.5. The van der Waals surface area contributed by atoms with Gasteiger partial charge in [0, 0.05) is 13.0 Å². The highest BCUT2D eigenvalue weighted by molar-refractivity contribution is 4.74. The minimum atomic E-state index is 0.545. The van der Waals surface area contributed by atoms with Gasteiger partial charge in [0.15, 0.2) is 0 Å². The Labute approximate surface area is 32.2 Å². The highest BCUT2D eigenvalue weighted by Crippen LogP contribution is 1.59. The van der Waals surface area contributed by atoms with Gasteiger partial charge in [0.25, 0.3) is 0 Å². The topological polar surface area (TPSA) is 26.0 Å². The van der Waals surface area contributed by atoms with Crippen molar-refractivity contribution >= 4 is 0 Å². The highest BCUT2D eigenvalue weighted by Gasteiger charge is 1.61. The first-order valence-corrected chi connectivity index (χ1v) is 1.51. The average Bonchev–Trinajstić information content (AvgIpc) is 1.41. The van der Waals surface area contributed by atoms with Crippen molar-refractivity contribution < 1.29 is 0 Å². The summed E-state index contributed by atoms with van der Waals surface area (Å²) in [6.07, 6.45) is 6.86. The summed E-state index contributed by atoms with van der Waals surface area (Å²) in [5.74, 6) is 2.14. The third-order valence-corrected chi connectivity index (χ3v) is 0.269. The fourth-order valence-corrected chi connectivity index (χ4v) is 0.0722. The Morgan fingerprint density at radius 3 is 2.40 bits per heavy atom. The number of hydrogen-bond donors (Lipinski definition) is 1. The number of nitrogens with two attached hydrogens (primary N) is 1. The fraction of sp³-hybridized carbons (Fsp3) is 0.500. The van der Waals surface area contributed by atoms with E-state index in [-0.39, 0.29) is 0 Å². The molecule has 1 radical (unpaired) electrons. The quantitative estimate of drug-likeness (QED) is 0.427. The van der Waals surface area contributed by atoms with Crippen LogP contribution in [-0.4, -0.2) is 6.54 Å². The van der Waals surface area contributed by atoms with Crippen LogP contribution in [0.4, 0.5) is 0 Å². The Morgan fingerprint density at radius 1 is 1.80 bits per heavy atom. The molecule has 0 aromatic rings. The van der Waals surface area contributed by atoms with Crippen molar-refractivity contribution in [3.8, 4) is 5.92 Å². The van der Waals surface area contributed by atoms with Crippen LogP contribution >= 0.6 is 0 Å². The lowest BCUT2D eigenvalue weighted by molar-refractivity contribution is 1.03. The molecule has 0 bridgehead atoms. The molecule has 0 rings (SSSR count). The Balaban J connectivity index is 2.48. The summed E-state index contributed by atoms with van der Waals surface area (Å²) in [6, 6.07) is 0. The van der Waals surface area contributed by atoms with Crippen LogP contribution in [-0.2, 0) is 0 Å². The lowest BCUT2D eigenvalue weighted by atomic mass is 10.5. The SMILES string of the molecule is [C]#CCCN. The maximum Gasteiger partial charge on any atom is 0.0222 e. The molecule has 0 unspecified atom stereocenters. The molecule has 0 aliphatic carbocycles. The monoisotopic (exact) mass is 68.1 g/mol. The van der Waals surface area contributed by atoms with Gasteiger partial charge in [-0.1, -0.05) is 5.92 Å². The van der Waals surface area contributed by atoms with Gasteiger partial charge in [-0.15, -0.1) is 0 Å². The summed E-state index contributed by atoms with van der Waals surface area (Å²) < 4.78 is 0. The predicted octanol–water partition coefficient (Wildman–Crippen LogP) is -0.0750. The van der Waals surface area contributed by atoms with Crippen molar-refractivity contribution in [1.29, 1.82) is 0 Å². The third-order valence-electron chi connectivity index (χ3n) is 0.269. The Hall–Kier alpha value is -0.480. The summed E-state index contributed by atoms with van der Waals surface area (Å²) in [4.78, 5) is 0. The maximum atomic E-state index is 6.27. The van der Waals surface area contributed by atoms with Crippen LogP contribution in [0.3, 0.4) is 0 Å². The van der Waals surface area contributed by atoms with Crippen molar-refractivity contribution in [3.63, 3.8) is 0 Å². The first kappa shape index (κ1) is 4.52. The molecule has 0 saturated heterocycles. The van der Waals surface area contributed by atoms with Crippen LogP contribution in [0.5, 0.6) is 0 Å². The smallest absolute Gasteiger partial charge is 0.0222 e. The molecular weight excluding hydrogens is 62.1 g/mol. The Kier molecular flexibility index (Phi) is 3.18. The van der Waals surface area contributed by atoms with Crippen LogP contribution in [0.15, 0.2) is 0 Å². The summed E-state index contributed by atoms with van der Waals surface area (Å²) in [7, 11) is 0. The predicted molar refractivity (Wildman–Crippen MR) is 20.8 cm³/mol. The summed E-state index contributed by atoms with van der Waals surface area (Å²) in [6.45, 7) is 0.545. The molecule has 0 aliphatic rings. The van der Waals surface area contributed by atoms with E-state index in [9.17, 15) is 0 Å². The molecule has 2 N–H and O–H groups in total. The molecule has 0 aliphatic heterocycles. The van der Waals surface area contributed by atoms with Crippen LogP contribution in [0.1, 0.15) is 6.42 Å². The largest absolute Gasteiger partial charge is 0.330 e. The zero-order valence-electron chi connectivity index (χ0n) is 2.99. The third kappa shape index (κ3) is 3.52. The molecule has 0 spiro atoms. The van der Waals surface area contributed by atoms with E-state index < -0.39 is 0 Å². The fourth-order valence-electron chi connectivity index (χ4n) is 0.0722. The van der Waals surface area contributed by atoms with Gasteiger partial charge >= 0.3 is 0 Å². The second kappa shape index (κ2) is 3.52. The second-order valence-corrected chi connectivity index (χ2v) is 0.715. The molecule has 1 heteroatoms. The van der Waals surface area contributed by atoms with E-state index in [4.69, 9.17) is 12.2 Å². The normalized spacial score (nSPS) is 6.40. The van der Waals surface area contributed by atoms with Gasteiger partial charge in [0.05, 0.1) is 0 Å². The lowest BCUT2D eigenvalue weighted by Crippen LogP contribution is -1.94. The van der Waals surface area contributed by atoms with E-state index in [2.05, 4.69) is 5.92 Å². The van der Waals surface area contributed by atoms with Gasteiger partial charge in [0.1, 0.15) is 0 Å². The van der Waals surface area contributed by atoms with Crippen molar-refractivity contribution in [1.82, 2.24) is 0 Å². The lowest BCUT2D eigenvalue weighted by Gasteiger charge is -1.70. The zero-order chi connectivity index (χ0) is 4.12. The molecule has 0 saturated carbocycles. The van der Waals surface area contributed by atoms with Crippen LogP contribution < -0.4 is 5.73 Å². The van der Waals surface area contributed by atoms with E-state index in [1.54, 1.807) is 0 Å². The van der Waals surface area contributed by atoms with Gasteiger partial charge < -0.3 is 5.73 Å². The Morgan fingerprint density at radius 2 is 2.40 bits per heavy atom. The standard InChI is InChI=1S/C4H6N/c1-2-3-4-5/h3-5H2. The van der Waals surface area contributed by atoms with Crippen molar-refractivity contribution in [2.75, 3.05) is 6.54 Å². The molecule has 0 fully saturated rings. The van der Waals surface area contributed by atoms with E-state index in [0.717, 1.165) is 0 Å². The first-order chi connectivity index (χ1) is 2.41. The van der Waals surface area contributed by atoms with Gasteiger partial charge in [-0.05, 0) is 6.42 Å². The van der Waals surface area contributed by atoms with Crippen LogP contribution in [0.25, 0.3) is 0 Å². The van der Waals surface area contributed by atoms with E-state index >= 15 is 0 Å². The molecule has 27 valence electrons. The molecule has 0 atom stereocenters. The molecule has 1 nitrogen and oxygen atoms in total. The maximum absolute atomic E-state index is 6.27. The molecular formula is C4H6N. The van der Waals surface area contributed by atoms with E-state index in [0.29, 0.717) is 13.0 Å². The van der Waals surface area contributed by atoms with Crippen LogP contribution in [0.2, 0.25) is 0 Å². The molecule has 0 aromatic heterocycles. The molecule has 0 amide bonds.